The molecule has 0 heterocycles. The fourth-order valence-electron chi connectivity index (χ4n) is 1.68. The van der Waals surface area contributed by atoms with Crippen LogP contribution in [-0.2, 0) is 6.18 Å². The lowest BCUT2D eigenvalue weighted by Gasteiger charge is -2.15. The van der Waals surface area contributed by atoms with Gasteiger partial charge in [-0.2, -0.15) is 26.3 Å². The third-order valence-electron chi connectivity index (χ3n) is 2.70. The fraction of sp³-hybridized carbons (Fsp3) is 0.500. The first-order valence-electron chi connectivity index (χ1n) is 5.69. The van der Waals surface area contributed by atoms with Gasteiger partial charge in [-0.15, -0.1) is 0 Å². The van der Waals surface area contributed by atoms with Gasteiger partial charge in [-0.05, 0) is 30.5 Å². The van der Waals surface area contributed by atoms with E-state index in [0.717, 1.165) is 6.07 Å². The molecule has 1 rings (SSSR count). The fourth-order valence-corrected chi connectivity index (χ4v) is 1.68. The number of nitrogens with two attached hydrogens (primary N) is 1. The normalized spacial score (nSPS) is 14.4. The van der Waals surface area contributed by atoms with Crippen LogP contribution in [0.1, 0.15) is 36.4 Å². The molecule has 1 atom stereocenters. The summed E-state index contributed by atoms with van der Waals surface area (Å²) in [7, 11) is 0. The average molecular weight is 303 g/mol. The molecule has 0 spiro atoms. The van der Waals surface area contributed by atoms with E-state index in [1.54, 1.807) is 0 Å². The van der Waals surface area contributed by atoms with E-state index in [2.05, 4.69) is 0 Å². The van der Waals surface area contributed by atoms with Crippen molar-refractivity contribution in [3.05, 3.63) is 35.1 Å². The summed E-state index contributed by atoms with van der Waals surface area (Å²) in [5.41, 5.74) is 4.02. The van der Waals surface area contributed by atoms with Crippen molar-refractivity contribution in [1.29, 1.82) is 0 Å². The predicted molar refractivity (Wildman–Crippen MR) is 58.2 cm³/mol. The Hall–Kier alpha value is -1.31. The molecule has 0 bridgehead atoms. The monoisotopic (exact) mass is 303 g/mol. The van der Waals surface area contributed by atoms with Gasteiger partial charge in [0, 0.05) is 12.5 Å². The summed E-state index contributed by atoms with van der Waals surface area (Å²) in [5, 5.41) is 0. The van der Waals surface area contributed by atoms with Crippen molar-refractivity contribution in [2.45, 2.75) is 37.7 Å². The highest BCUT2D eigenvalue weighted by Crippen LogP contribution is 2.33. The SMILES string of the molecule is NC(CCCC(F)(F)F)c1ccc(F)c(C(F)(F)F)c1. The lowest BCUT2D eigenvalue weighted by molar-refractivity contribution is -0.140. The molecule has 20 heavy (non-hydrogen) atoms. The summed E-state index contributed by atoms with van der Waals surface area (Å²) in [4.78, 5) is 0. The first kappa shape index (κ1) is 16.7. The topological polar surface area (TPSA) is 26.0 Å². The largest absolute Gasteiger partial charge is 0.419 e. The maximum atomic E-state index is 13.0. The minimum Gasteiger partial charge on any atom is -0.324 e. The number of halogens is 7. The van der Waals surface area contributed by atoms with Gasteiger partial charge in [0.2, 0.25) is 0 Å². The Kier molecular flexibility index (Phi) is 5.01. The van der Waals surface area contributed by atoms with Crippen LogP contribution in [0.2, 0.25) is 0 Å². The number of benzene rings is 1. The van der Waals surface area contributed by atoms with Gasteiger partial charge >= 0.3 is 12.4 Å². The summed E-state index contributed by atoms with van der Waals surface area (Å²) in [6.07, 6.45) is -10.7. The molecule has 8 heteroatoms. The smallest absolute Gasteiger partial charge is 0.324 e. The van der Waals surface area contributed by atoms with Gasteiger partial charge in [-0.3, -0.25) is 0 Å². The maximum Gasteiger partial charge on any atom is 0.419 e. The number of hydrogen-bond acceptors (Lipinski definition) is 1. The Morgan fingerprint density at radius 3 is 2.15 bits per heavy atom. The predicted octanol–water partition coefficient (Wildman–Crippen LogP) is 4.58. The molecule has 0 radical (unpaired) electrons. The molecule has 0 saturated carbocycles. The van der Waals surface area contributed by atoms with Gasteiger partial charge < -0.3 is 5.73 Å². The van der Waals surface area contributed by atoms with Gasteiger partial charge in [-0.25, -0.2) is 4.39 Å². The van der Waals surface area contributed by atoms with Crippen molar-refractivity contribution in [1.82, 2.24) is 0 Å². The first-order valence-corrected chi connectivity index (χ1v) is 5.69. The van der Waals surface area contributed by atoms with Gasteiger partial charge in [0.15, 0.2) is 0 Å². The highest BCUT2D eigenvalue weighted by Gasteiger charge is 2.34. The van der Waals surface area contributed by atoms with Crippen molar-refractivity contribution >= 4 is 0 Å². The molecule has 0 aromatic heterocycles. The minimum atomic E-state index is -4.87. The van der Waals surface area contributed by atoms with Crippen molar-refractivity contribution in [2.75, 3.05) is 0 Å². The zero-order valence-corrected chi connectivity index (χ0v) is 10.2. The van der Waals surface area contributed by atoms with Crippen LogP contribution in [0, 0.1) is 5.82 Å². The molecule has 0 fully saturated rings. The molecule has 2 N–H and O–H groups in total. The molecule has 0 saturated heterocycles. The van der Waals surface area contributed by atoms with E-state index in [0.29, 0.717) is 12.1 Å². The lowest BCUT2D eigenvalue weighted by Crippen LogP contribution is -2.15. The van der Waals surface area contributed by atoms with Crippen LogP contribution >= 0.6 is 0 Å². The Morgan fingerprint density at radius 2 is 1.65 bits per heavy atom. The van der Waals surface area contributed by atoms with E-state index in [-0.39, 0.29) is 18.4 Å². The zero-order chi connectivity index (χ0) is 15.6. The molecule has 0 aliphatic rings. The summed E-state index contributed by atoms with van der Waals surface area (Å²) in [6, 6.07) is 1.19. The highest BCUT2D eigenvalue weighted by molar-refractivity contribution is 5.29. The second-order valence-electron chi connectivity index (χ2n) is 4.35. The third-order valence-corrected chi connectivity index (χ3v) is 2.70. The molecule has 1 unspecified atom stereocenters. The Morgan fingerprint density at radius 1 is 1.05 bits per heavy atom. The Labute approximate surface area is 110 Å². The number of rotatable bonds is 4. The minimum absolute atomic E-state index is 0.0408. The average Bonchev–Trinajstić information content (AvgIpc) is 2.26. The lowest BCUT2D eigenvalue weighted by atomic mass is 9.99. The van der Waals surface area contributed by atoms with Crippen LogP contribution in [0.15, 0.2) is 18.2 Å². The second-order valence-corrected chi connectivity index (χ2v) is 4.35. The standard InChI is InChI=1S/C12H12F7N/c13-9-4-3-7(6-8(9)12(17,18)19)10(20)2-1-5-11(14,15)16/h3-4,6,10H,1-2,5,20H2. The quantitative estimate of drug-likeness (QED) is 0.810. The molecule has 114 valence electrons. The zero-order valence-electron chi connectivity index (χ0n) is 10.2. The first-order chi connectivity index (χ1) is 9.00. The van der Waals surface area contributed by atoms with Crippen LogP contribution in [0.3, 0.4) is 0 Å². The van der Waals surface area contributed by atoms with Crippen LogP contribution in [-0.4, -0.2) is 6.18 Å². The van der Waals surface area contributed by atoms with Gasteiger partial charge in [0.1, 0.15) is 5.82 Å². The number of alkyl halides is 6. The molecule has 1 nitrogen and oxygen atoms in total. The van der Waals surface area contributed by atoms with E-state index < -0.39 is 36.2 Å². The molecule has 1 aromatic rings. The van der Waals surface area contributed by atoms with Crippen LogP contribution < -0.4 is 5.73 Å². The van der Waals surface area contributed by atoms with Crippen molar-refractivity contribution in [2.24, 2.45) is 5.73 Å². The van der Waals surface area contributed by atoms with Crippen LogP contribution in [0.4, 0.5) is 30.7 Å². The van der Waals surface area contributed by atoms with Gasteiger partial charge in [0.05, 0.1) is 5.56 Å². The molecular weight excluding hydrogens is 291 g/mol. The highest BCUT2D eigenvalue weighted by atomic mass is 19.4. The molecule has 0 amide bonds. The van der Waals surface area contributed by atoms with E-state index in [9.17, 15) is 30.7 Å². The Balaban J connectivity index is 2.77. The van der Waals surface area contributed by atoms with Crippen molar-refractivity contribution < 1.29 is 30.7 Å². The van der Waals surface area contributed by atoms with Crippen LogP contribution in [0.25, 0.3) is 0 Å². The van der Waals surface area contributed by atoms with E-state index in [1.807, 2.05) is 0 Å². The summed E-state index contributed by atoms with van der Waals surface area (Å²) < 4.78 is 86.3. The van der Waals surface area contributed by atoms with Gasteiger partial charge in [-0.1, -0.05) is 6.07 Å². The second kappa shape index (κ2) is 5.99. The molecule has 1 aromatic carbocycles. The molecule has 0 aliphatic carbocycles. The van der Waals surface area contributed by atoms with Crippen molar-refractivity contribution in [3.63, 3.8) is 0 Å². The van der Waals surface area contributed by atoms with Crippen molar-refractivity contribution in [3.8, 4) is 0 Å². The van der Waals surface area contributed by atoms with E-state index in [4.69, 9.17) is 5.73 Å². The summed E-state index contributed by atoms with van der Waals surface area (Å²) >= 11 is 0. The maximum absolute atomic E-state index is 13.0. The van der Waals surface area contributed by atoms with E-state index in [1.165, 1.54) is 0 Å². The Bertz CT molecular complexity index is 450. The molecule has 0 aliphatic heterocycles. The van der Waals surface area contributed by atoms with E-state index >= 15 is 0 Å². The summed E-state index contributed by atoms with van der Waals surface area (Å²) in [5.74, 6) is -1.44. The third kappa shape index (κ3) is 4.99. The number of hydrogen-bond donors (Lipinski definition) is 1. The van der Waals surface area contributed by atoms with Crippen LogP contribution in [0.5, 0.6) is 0 Å². The molecular formula is C12H12F7N. The summed E-state index contributed by atoms with van der Waals surface area (Å²) in [6.45, 7) is 0. The van der Waals surface area contributed by atoms with Gasteiger partial charge in [0.25, 0.3) is 0 Å².